The van der Waals surface area contributed by atoms with Crippen LogP contribution in [0.5, 0.6) is 0 Å². The highest BCUT2D eigenvalue weighted by Crippen LogP contribution is 2.44. The smallest absolute Gasteiger partial charge is 0.191 e. The van der Waals surface area contributed by atoms with Gasteiger partial charge in [0.1, 0.15) is 0 Å². The Hall–Kier alpha value is -1.21. The maximum absolute atomic E-state index is 10.6. The van der Waals surface area contributed by atoms with Crippen molar-refractivity contribution in [2.24, 2.45) is 0 Å². The number of hydrogen-bond donors (Lipinski definition) is 1. The van der Waals surface area contributed by atoms with E-state index in [0.29, 0.717) is 6.42 Å². The summed E-state index contributed by atoms with van der Waals surface area (Å²) in [5.41, 5.74) is -0.0109. The molecule has 30 heavy (non-hydrogen) atoms. The summed E-state index contributed by atoms with van der Waals surface area (Å²) in [5.74, 6) is 0. The van der Waals surface area contributed by atoms with Gasteiger partial charge in [0.2, 0.25) is 0 Å². The molecule has 0 spiro atoms. The number of benzene rings is 2. The van der Waals surface area contributed by atoms with Gasteiger partial charge in [-0.3, -0.25) is 0 Å². The average Bonchev–Trinajstić information content (AvgIpc) is 2.61. The minimum Gasteiger partial charge on any atom is -0.416 e. The van der Waals surface area contributed by atoms with Crippen molar-refractivity contribution >= 4 is 26.8 Å². The van der Waals surface area contributed by atoms with E-state index in [1.165, 1.54) is 10.4 Å². The molecule has 2 aromatic carbocycles. The summed E-state index contributed by atoms with van der Waals surface area (Å²) in [6, 6.07) is 21.9. The first-order chi connectivity index (χ1) is 13.7. The van der Waals surface area contributed by atoms with E-state index < -0.39 is 22.5 Å². The van der Waals surface area contributed by atoms with E-state index in [2.05, 4.69) is 115 Å². The summed E-state index contributed by atoms with van der Waals surface area (Å²) in [4.78, 5) is 0. The van der Waals surface area contributed by atoms with Gasteiger partial charge in [0, 0.05) is 5.73 Å². The Bertz CT molecular complexity index is 748. The molecule has 0 radical (unpaired) electrons. The van der Waals surface area contributed by atoms with Crippen LogP contribution in [0, 0.1) is 0 Å². The number of aliphatic hydroxyl groups is 1. The van der Waals surface area contributed by atoms with Crippen molar-refractivity contribution in [3.05, 3.63) is 60.7 Å². The largest absolute Gasteiger partial charge is 0.416 e. The van der Waals surface area contributed by atoms with Crippen LogP contribution in [0.25, 0.3) is 0 Å². The summed E-state index contributed by atoms with van der Waals surface area (Å²) in [5, 5.41) is 13.5. The molecule has 0 aromatic heterocycles. The molecule has 166 valence electrons. The van der Waals surface area contributed by atoms with Crippen molar-refractivity contribution in [2.75, 3.05) is 0 Å². The van der Waals surface area contributed by atoms with Crippen LogP contribution in [0.1, 0.15) is 54.9 Å². The molecule has 0 amide bonds. The Kier molecular flexibility index (Phi) is 7.61. The molecule has 2 atom stereocenters. The molecule has 0 heterocycles. The Morgan fingerprint density at radius 3 is 1.47 bits per heavy atom. The zero-order valence-corrected chi connectivity index (χ0v) is 22.5. The molecule has 1 N–H and O–H groups in total. The first-order valence-corrected chi connectivity index (χ1v) is 16.2. The van der Waals surface area contributed by atoms with Gasteiger partial charge in [0.15, 0.2) is 16.4 Å². The second-order valence-corrected chi connectivity index (χ2v) is 20.9. The molecule has 0 aliphatic carbocycles. The molecule has 0 aliphatic heterocycles. The molecule has 0 saturated heterocycles. The summed E-state index contributed by atoms with van der Waals surface area (Å²) in [6.45, 7) is 20.5. The monoisotopic (exact) mass is 442 g/mol. The molecule has 4 heteroatoms. The fraction of sp³-hybridized carbons (Fsp3) is 0.538. The van der Waals surface area contributed by atoms with E-state index >= 15 is 0 Å². The maximum atomic E-state index is 10.6. The summed E-state index contributed by atoms with van der Waals surface area (Å²) >= 11 is 0. The topological polar surface area (TPSA) is 29.5 Å². The Labute approximate surface area is 186 Å². The van der Waals surface area contributed by atoms with Crippen molar-refractivity contribution in [2.45, 2.75) is 89.9 Å². The summed E-state index contributed by atoms with van der Waals surface area (Å²) in [6.07, 6.45) is 0.237. The van der Waals surface area contributed by atoms with Gasteiger partial charge in [-0.15, -0.1) is 0 Å². The van der Waals surface area contributed by atoms with E-state index in [1.54, 1.807) is 0 Å². The molecule has 0 saturated carbocycles. The van der Waals surface area contributed by atoms with Gasteiger partial charge >= 0.3 is 0 Å². The van der Waals surface area contributed by atoms with Crippen LogP contribution in [0.3, 0.4) is 0 Å². The molecule has 0 fully saturated rings. The Balaban J connectivity index is 2.86. The quantitative estimate of drug-likeness (QED) is 0.553. The highest BCUT2D eigenvalue weighted by molar-refractivity contribution is 7.05. The summed E-state index contributed by atoms with van der Waals surface area (Å²) in [7, 11) is -4.54. The Morgan fingerprint density at radius 2 is 1.17 bits per heavy atom. The maximum Gasteiger partial charge on any atom is 0.191 e. The fourth-order valence-corrected chi connectivity index (χ4v) is 13.1. The predicted molar refractivity (Wildman–Crippen MR) is 136 cm³/mol. The van der Waals surface area contributed by atoms with Crippen LogP contribution in [-0.4, -0.2) is 33.3 Å². The van der Waals surface area contributed by atoms with Crippen molar-refractivity contribution in [1.82, 2.24) is 0 Å². The minimum atomic E-state index is -2.48. The number of aliphatic hydroxyl groups excluding tert-OH is 1. The molecule has 2 rings (SSSR count). The summed E-state index contributed by atoms with van der Waals surface area (Å²) < 4.78 is 7.25. The van der Waals surface area contributed by atoms with Crippen LogP contribution in [0.4, 0.5) is 0 Å². The fourth-order valence-electron chi connectivity index (χ4n) is 4.45. The van der Waals surface area contributed by atoms with Crippen LogP contribution in [-0.2, 0) is 4.43 Å². The third kappa shape index (κ3) is 4.99. The predicted octanol–water partition coefficient (Wildman–Crippen LogP) is 5.75. The zero-order chi connectivity index (χ0) is 22.8. The first-order valence-electron chi connectivity index (χ1n) is 11.2. The van der Waals surface area contributed by atoms with Gasteiger partial charge in [-0.05, 0) is 36.5 Å². The number of hydrogen-bond acceptors (Lipinski definition) is 2. The highest BCUT2D eigenvalue weighted by atomic mass is 28.4. The lowest BCUT2D eigenvalue weighted by Crippen LogP contribution is -2.74. The van der Waals surface area contributed by atoms with Crippen LogP contribution < -0.4 is 10.4 Å². The first kappa shape index (κ1) is 25.1. The van der Waals surface area contributed by atoms with Crippen molar-refractivity contribution < 1.29 is 9.53 Å². The van der Waals surface area contributed by atoms with E-state index in [-0.39, 0.29) is 15.8 Å². The van der Waals surface area contributed by atoms with Crippen LogP contribution in [0.2, 0.25) is 23.2 Å². The van der Waals surface area contributed by atoms with Gasteiger partial charge in [-0.1, -0.05) is 113 Å². The third-order valence-electron chi connectivity index (χ3n) is 6.92. The molecular weight excluding hydrogens is 400 g/mol. The van der Waals surface area contributed by atoms with Crippen LogP contribution >= 0.6 is 0 Å². The minimum absolute atomic E-state index is 0.00235. The van der Waals surface area contributed by atoms with Crippen molar-refractivity contribution in [1.29, 1.82) is 0 Å². The molecular formula is C26H42O2Si2. The van der Waals surface area contributed by atoms with E-state index in [0.717, 1.165) is 0 Å². The third-order valence-corrected chi connectivity index (χ3v) is 17.8. The van der Waals surface area contributed by atoms with Gasteiger partial charge in [-0.2, -0.15) is 0 Å². The SMILES string of the molecule is C[C@@H](O)C[C@@H](O[Si](C)(C)C(C)(C)C)[Si](c1ccccc1)(c1ccccc1)C(C)(C)C. The number of rotatable bonds is 7. The second kappa shape index (κ2) is 9.11. The normalized spacial score (nSPS) is 15.7. The van der Waals surface area contributed by atoms with E-state index in [9.17, 15) is 5.11 Å². The molecule has 2 nitrogen and oxygen atoms in total. The van der Waals surface area contributed by atoms with Crippen molar-refractivity contribution in [3.8, 4) is 0 Å². The molecule has 2 aromatic rings. The highest BCUT2D eigenvalue weighted by Gasteiger charge is 2.56. The molecule has 0 aliphatic rings. The van der Waals surface area contributed by atoms with Crippen LogP contribution in [0.15, 0.2) is 60.7 Å². The Morgan fingerprint density at radius 1 is 0.767 bits per heavy atom. The lowest BCUT2D eigenvalue weighted by atomic mass is 10.2. The van der Waals surface area contributed by atoms with Gasteiger partial charge < -0.3 is 9.53 Å². The average molecular weight is 443 g/mol. The molecule has 0 bridgehead atoms. The van der Waals surface area contributed by atoms with Crippen molar-refractivity contribution in [3.63, 3.8) is 0 Å². The van der Waals surface area contributed by atoms with E-state index in [4.69, 9.17) is 4.43 Å². The standard InChI is InChI=1S/C26H42O2Si2/c1-21(27)20-24(28-29(8,9)25(2,3)4)30(26(5,6)7,22-16-12-10-13-17-22)23-18-14-11-15-19-23/h10-19,21,24,27H,20H2,1-9H3/t21-,24+/m1/s1. The molecule has 0 unspecified atom stereocenters. The van der Waals surface area contributed by atoms with E-state index in [1.807, 2.05) is 6.92 Å². The van der Waals surface area contributed by atoms with Gasteiger partial charge in [0.25, 0.3) is 0 Å². The second-order valence-electron chi connectivity index (χ2n) is 11.2. The zero-order valence-electron chi connectivity index (χ0n) is 20.5. The van der Waals surface area contributed by atoms with Gasteiger partial charge in [0.05, 0.1) is 6.10 Å². The lowest BCUT2D eigenvalue weighted by molar-refractivity contribution is 0.129. The van der Waals surface area contributed by atoms with Gasteiger partial charge in [-0.25, -0.2) is 0 Å². The lowest BCUT2D eigenvalue weighted by Gasteiger charge is -2.52.